The summed E-state index contributed by atoms with van der Waals surface area (Å²) < 4.78 is 0. The lowest BCUT2D eigenvalue weighted by atomic mass is 10.1. The quantitative estimate of drug-likeness (QED) is 0.875. The first-order valence-corrected chi connectivity index (χ1v) is 6.79. The lowest BCUT2D eigenvalue weighted by Gasteiger charge is -2.09. The van der Waals surface area contributed by atoms with Crippen LogP contribution in [0.25, 0.3) is 11.3 Å². The fourth-order valence-corrected chi connectivity index (χ4v) is 2.23. The van der Waals surface area contributed by atoms with Crippen LogP contribution in [-0.4, -0.2) is 11.5 Å². The van der Waals surface area contributed by atoms with Crippen LogP contribution < -0.4 is 5.32 Å². The Balaban J connectivity index is 2.16. The molecular formula is C14H18N2S. The third-order valence-corrected chi connectivity index (χ3v) is 3.27. The van der Waals surface area contributed by atoms with Gasteiger partial charge in [-0.1, -0.05) is 26.0 Å². The number of hydrogen-bond donors (Lipinski definition) is 1. The number of hydrogen-bond acceptors (Lipinski definition) is 3. The highest BCUT2D eigenvalue weighted by Gasteiger charge is 2.03. The lowest BCUT2D eigenvalue weighted by molar-refractivity contribution is 0.689. The van der Waals surface area contributed by atoms with E-state index in [0.29, 0.717) is 5.92 Å². The van der Waals surface area contributed by atoms with E-state index in [2.05, 4.69) is 53.8 Å². The second-order valence-corrected chi connectivity index (χ2v) is 5.67. The number of aromatic nitrogens is 1. The van der Waals surface area contributed by atoms with Gasteiger partial charge in [-0.15, -0.1) is 11.3 Å². The zero-order valence-electron chi connectivity index (χ0n) is 10.5. The maximum absolute atomic E-state index is 4.51. The Hall–Kier alpha value is -1.35. The Labute approximate surface area is 107 Å². The fraction of sp³-hybridized carbons (Fsp3) is 0.357. The largest absolute Gasteiger partial charge is 0.385 e. The molecule has 0 spiro atoms. The van der Waals surface area contributed by atoms with Crippen molar-refractivity contribution in [3.8, 4) is 11.3 Å². The highest BCUT2D eigenvalue weighted by atomic mass is 32.1. The molecule has 0 fully saturated rings. The monoisotopic (exact) mass is 246 g/mol. The van der Waals surface area contributed by atoms with Crippen molar-refractivity contribution in [3.63, 3.8) is 0 Å². The van der Waals surface area contributed by atoms with Crippen LogP contribution in [0, 0.1) is 12.8 Å². The molecule has 0 saturated heterocycles. The average molecular weight is 246 g/mol. The van der Waals surface area contributed by atoms with Crippen molar-refractivity contribution in [2.24, 2.45) is 5.92 Å². The number of nitrogens with one attached hydrogen (secondary N) is 1. The molecule has 1 aromatic carbocycles. The summed E-state index contributed by atoms with van der Waals surface area (Å²) in [5, 5.41) is 6.66. The molecule has 0 aliphatic rings. The second-order valence-electron chi connectivity index (χ2n) is 4.61. The molecule has 2 aromatic rings. The zero-order chi connectivity index (χ0) is 12.3. The van der Waals surface area contributed by atoms with E-state index >= 15 is 0 Å². The van der Waals surface area contributed by atoms with Gasteiger partial charge in [-0.05, 0) is 25.0 Å². The maximum Gasteiger partial charge on any atom is 0.0901 e. The van der Waals surface area contributed by atoms with E-state index in [0.717, 1.165) is 17.2 Å². The fourth-order valence-electron chi connectivity index (χ4n) is 1.61. The molecule has 0 aliphatic carbocycles. The molecule has 0 bridgehead atoms. The average Bonchev–Trinajstić information content (AvgIpc) is 2.74. The molecule has 0 aliphatic heterocycles. The maximum atomic E-state index is 4.51. The molecule has 90 valence electrons. The minimum atomic E-state index is 0.653. The van der Waals surface area contributed by atoms with Gasteiger partial charge in [0.15, 0.2) is 0 Å². The molecule has 1 N–H and O–H groups in total. The van der Waals surface area contributed by atoms with Crippen LogP contribution in [0.2, 0.25) is 0 Å². The Bertz CT molecular complexity index is 488. The van der Waals surface area contributed by atoms with Gasteiger partial charge in [-0.3, -0.25) is 0 Å². The third kappa shape index (κ3) is 3.30. The molecular weight excluding hydrogens is 228 g/mol. The first kappa shape index (κ1) is 12.1. The van der Waals surface area contributed by atoms with Crippen molar-refractivity contribution in [2.45, 2.75) is 20.8 Å². The van der Waals surface area contributed by atoms with Gasteiger partial charge in [0, 0.05) is 23.2 Å². The summed E-state index contributed by atoms with van der Waals surface area (Å²) in [6.07, 6.45) is 0. The van der Waals surface area contributed by atoms with Crippen molar-refractivity contribution in [3.05, 3.63) is 34.7 Å². The van der Waals surface area contributed by atoms with E-state index in [1.54, 1.807) is 11.3 Å². The Morgan fingerprint density at radius 3 is 2.82 bits per heavy atom. The molecule has 0 unspecified atom stereocenters. The number of thiazole rings is 1. The Kier molecular flexibility index (Phi) is 3.79. The van der Waals surface area contributed by atoms with Crippen LogP contribution in [0.15, 0.2) is 29.6 Å². The van der Waals surface area contributed by atoms with Gasteiger partial charge in [0.1, 0.15) is 0 Å². The van der Waals surface area contributed by atoms with E-state index in [9.17, 15) is 0 Å². The molecule has 0 amide bonds. The van der Waals surface area contributed by atoms with E-state index in [1.807, 2.05) is 6.92 Å². The van der Waals surface area contributed by atoms with Crippen LogP contribution in [0.3, 0.4) is 0 Å². The van der Waals surface area contributed by atoms with Crippen LogP contribution in [0.4, 0.5) is 5.69 Å². The van der Waals surface area contributed by atoms with Crippen molar-refractivity contribution < 1.29 is 0 Å². The summed E-state index contributed by atoms with van der Waals surface area (Å²) in [4.78, 5) is 4.51. The highest BCUT2D eigenvalue weighted by Crippen LogP contribution is 2.24. The predicted octanol–water partition coefficient (Wildman–Crippen LogP) is 4.19. The number of nitrogens with zero attached hydrogens (tertiary/aromatic N) is 1. The van der Waals surface area contributed by atoms with E-state index in [1.165, 1.54) is 11.3 Å². The van der Waals surface area contributed by atoms with E-state index in [-0.39, 0.29) is 0 Å². The topological polar surface area (TPSA) is 24.9 Å². The molecule has 0 radical (unpaired) electrons. The Morgan fingerprint density at radius 2 is 2.18 bits per heavy atom. The molecule has 3 heteroatoms. The molecule has 17 heavy (non-hydrogen) atoms. The van der Waals surface area contributed by atoms with Gasteiger partial charge in [-0.2, -0.15) is 0 Å². The van der Waals surface area contributed by atoms with Gasteiger partial charge >= 0.3 is 0 Å². The number of aryl methyl sites for hydroxylation is 1. The zero-order valence-corrected chi connectivity index (χ0v) is 11.3. The van der Waals surface area contributed by atoms with Gasteiger partial charge in [0.05, 0.1) is 10.7 Å². The third-order valence-electron chi connectivity index (χ3n) is 2.49. The van der Waals surface area contributed by atoms with Crippen LogP contribution >= 0.6 is 11.3 Å². The number of anilines is 1. The summed E-state index contributed by atoms with van der Waals surface area (Å²) in [7, 11) is 0. The highest BCUT2D eigenvalue weighted by molar-refractivity contribution is 7.09. The molecule has 2 nitrogen and oxygen atoms in total. The smallest absolute Gasteiger partial charge is 0.0901 e. The van der Waals surface area contributed by atoms with Gasteiger partial charge in [0.25, 0.3) is 0 Å². The van der Waals surface area contributed by atoms with Crippen molar-refractivity contribution >= 4 is 17.0 Å². The molecule has 1 aromatic heterocycles. The minimum Gasteiger partial charge on any atom is -0.385 e. The van der Waals surface area contributed by atoms with Crippen LogP contribution in [0.1, 0.15) is 18.9 Å². The Morgan fingerprint density at radius 1 is 1.35 bits per heavy atom. The van der Waals surface area contributed by atoms with Gasteiger partial charge < -0.3 is 5.32 Å². The number of benzene rings is 1. The van der Waals surface area contributed by atoms with Gasteiger partial charge in [-0.25, -0.2) is 4.98 Å². The summed E-state index contributed by atoms with van der Waals surface area (Å²) in [6, 6.07) is 8.45. The van der Waals surface area contributed by atoms with Crippen molar-refractivity contribution in [1.82, 2.24) is 4.98 Å². The van der Waals surface area contributed by atoms with E-state index < -0.39 is 0 Å². The first-order valence-electron chi connectivity index (χ1n) is 5.91. The second kappa shape index (κ2) is 5.32. The van der Waals surface area contributed by atoms with Crippen LogP contribution in [-0.2, 0) is 0 Å². The normalized spacial score (nSPS) is 10.8. The predicted molar refractivity (Wildman–Crippen MR) is 75.6 cm³/mol. The SMILES string of the molecule is Cc1nc(-c2cccc(NCC(C)C)c2)cs1. The molecule has 0 saturated carbocycles. The van der Waals surface area contributed by atoms with Crippen LogP contribution in [0.5, 0.6) is 0 Å². The number of rotatable bonds is 4. The molecule has 0 atom stereocenters. The summed E-state index contributed by atoms with van der Waals surface area (Å²) in [5.41, 5.74) is 3.42. The van der Waals surface area contributed by atoms with Gasteiger partial charge in [0.2, 0.25) is 0 Å². The minimum absolute atomic E-state index is 0.653. The standard InChI is InChI=1S/C14H18N2S/c1-10(2)8-15-13-6-4-5-12(7-13)14-9-17-11(3)16-14/h4-7,9-10,15H,8H2,1-3H3. The van der Waals surface area contributed by atoms with Crippen molar-refractivity contribution in [2.75, 3.05) is 11.9 Å². The summed E-state index contributed by atoms with van der Waals surface area (Å²) >= 11 is 1.69. The van der Waals surface area contributed by atoms with Crippen molar-refractivity contribution in [1.29, 1.82) is 0 Å². The summed E-state index contributed by atoms with van der Waals surface area (Å²) in [6.45, 7) is 7.45. The first-order chi connectivity index (χ1) is 8.15. The lowest BCUT2D eigenvalue weighted by Crippen LogP contribution is -2.07. The summed E-state index contributed by atoms with van der Waals surface area (Å²) in [5.74, 6) is 0.653. The molecule has 2 rings (SSSR count). The van der Waals surface area contributed by atoms with E-state index in [4.69, 9.17) is 0 Å². The molecule has 1 heterocycles.